The molecule has 0 amide bonds. The van der Waals surface area contributed by atoms with E-state index in [1.54, 1.807) is 6.07 Å². The molecular formula is C18H30N2O2S. The molecule has 1 aliphatic rings. The third-order valence-electron chi connectivity index (χ3n) is 4.52. The smallest absolute Gasteiger partial charge is 0.240 e. The van der Waals surface area contributed by atoms with Gasteiger partial charge in [0.15, 0.2) is 0 Å². The lowest BCUT2D eigenvalue weighted by Gasteiger charge is -2.34. The molecule has 4 nitrogen and oxygen atoms in total. The summed E-state index contributed by atoms with van der Waals surface area (Å²) in [5.74, 6) is 1.48. The van der Waals surface area contributed by atoms with E-state index >= 15 is 0 Å². The monoisotopic (exact) mass is 338 g/mol. The Bertz CT molecular complexity index is 618. The Labute approximate surface area is 141 Å². The van der Waals surface area contributed by atoms with Crippen molar-refractivity contribution >= 4 is 10.0 Å². The van der Waals surface area contributed by atoms with Crippen LogP contribution in [0.4, 0.5) is 0 Å². The second kappa shape index (κ2) is 7.77. The average Bonchev–Trinajstić information content (AvgIpc) is 2.45. The van der Waals surface area contributed by atoms with E-state index in [4.69, 9.17) is 0 Å². The van der Waals surface area contributed by atoms with Gasteiger partial charge in [0.05, 0.1) is 4.90 Å². The van der Waals surface area contributed by atoms with Crippen molar-refractivity contribution < 1.29 is 8.42 Å². The lowest BCUT2D eigenvalue weighted by molar-refractivity contribution is 0.140. The second-order valence-corrected chi connectivity index (χ2v) is 8.96. The fourth-order valence-electron chi connectivity index (χ4n) is 3.56. The minimum absolute atomic E-state index is 0.401. The summed E-state index contributed by atoms with van der Waals surface area (Å²) in [5, 5.41) is 0. The summed E-state index contributed by atoms with van der Waals surface area (Å²) in [4.78, 5) is 2.86. The third-order valence-corrected chi connectivity index (χ3v) is 6.12. The number of hydrogen-bond acceptors (Lipinski definition) is 3. The van der Waals surface area contributed by atoms with E-state index in [1.807, 2.05) is 26.0 Å². The SMILES string of the molecule is Cc1ccc(C)c(S(=O)(=O)NCCCN2C[C@@H](C)C[C@H](C)C2)c1. The maximum absolute atomic E-state index is 12.4. The number of nitrogens with zero attached hydrogens (tertiary/aromatic N) is 1. The Hall–Kier alpha value is -0.910. The van der Waals surface area contributed by atoms with Crippen LogP contribution in [-0.4, -0.2) is 39.5 Å². The van der Waals surface area contributed by atoms with Crippen LogP contribution < -0.4 is 4.72 Å². The van der Waals surface area contributed by atoms with E-state index in [0.717, 1.165) is 49.0 Å². The summed E-state index contributed by atoms with van der Waals surface area (Å²) < 4.78 is 27.6. The van der Waals surface area contributed by atoms with Gasteiger partial charge in [0, 0.05) is 19.6 Å². The highest BCUT2D eigenvalue weighted by Crippen LogP contribution is 2.21. The van der Waals surface area contributed by atoms with Crippen molar-refractivity contribution in [1.29, 1.82) is 0 Å². The Kier molecular flexibility index (Phi) is 6.23. The van der Waals surface area contributed by atoms with Crippen LogP contribution in [0, 0.1) is 25.7 Å². The minimum atomic E-state index is -3.41. The van der Waals surface area contributed by atoms with Crippen molar-refractivity contribution in [2.24, 2.45) is 11.8 Å². The fourth-order valence-corrected chi connectivity index (χ4v) is 4.96. The van der Waals surface area contributed by atoms with Crippen LogP contribution in [0.5, 0.6) is 0 Å². The first-order valence-electron chi connectivity index (χ1n) is 8.57. The molecule has 1 fully saturated rings. The van der Waals surface area contributed by atoms with E-state index in [-0.39, 0.29) is 0 Å². The Balaban J connectivity index is 1.84. The quantitative estimate of drug-likeness (QED) is 0.811. The zero-order valence-corrected chi connectivity index (χ0v) is 15.6. The molecule has 1 aliphatic heterocycles. The molecule has 23 heavy (non-hydrogen) atoms. The first-order valence-corrected chi connectivity index (χ1v) is 10.1. The molecule has 2 rings (SSSR count). The zero-order valence-electron chi connectivity index (χ0n) is 14.8. The average molecular weight is 339 g/mol. The van der Waals surface area contributed by atoms with Gasteiger partial charge in [-0.1, -0.05) is 26.0 Å². The van der Waals surface area contributed by atoms with Gasteiger partial charge in [0.2, 0.25) is 10.0 Å². The van der Waals surface area contributed by atoms with Crippen LogP contribution in [0.25, 0.3) is 0 Å². The maximum Gasteiger partial charge on any atom is 0.240 e. The number of rotatable bonds is 6. The Morgan fingerprint density at radius 1 is 1.17 bits per heavy atom. The number of nitrogens with one attached hydrogen (secondary N) is 1. The number of piperidine rings is 1. The molecule has 0 radical (unpaired) electrons. The number of aryl methyl sites for hydroxylation is 2. The highest BCUT2D eigenvalue weighted by atomic mass is 32.2. The van der Waals surface area contributed by atoms with Crippen LogP contribution in [0.2, 0.25) is 0 Å². The fraction of sp³-hybridized carbons (Fsp3) is 0.667. The van der Waals surface area contributed by atoms with Crippen LogP contribution in [0.3, 0.4) is 0 Å². The van der Waals surface area contributed by atoms with Crippen molar-refractivity contribution in [3.05, 3.63) is 29.3 Å². The van der Waals surface area contributed by atoms with Gasteiger partial charge in [-0.05, 0) is 62.3 Å². The van der Waals surface area contributed by atoms with Gasteiger partial charge in [-0.2, -0.15) is 0 Å². The summed E-state index contributed by atoms with van der Waals surface area (Å²) in [6.07, 6.45) is 2.15. The van der Waals surface area contributed by atoms with Gasteiger partial charge >= 0.3 is 0 Å². The summed E-state index contributed by atoms with van der Waals surface area (Å²) in [7, 11) is -3.41. The molecule has 2 atom stereocenters. The minimum Gasteiger partial charge on any atom is -0.303 e. The highest BCUT2D eigenvalue weighted by molar-refractivity contribution is 7.89. The summed E-state index contributed by atoms with van der Waals surface area (Å²) in [5.41, 5.74) is 1.76. The lowest BCUT2D eigenvalue weighted by Crippen LogP contribution is -2.40. The van der Waals surface area contributed by atoms with Gasteiger partial charge in [-0.3, -0.25) is 0 Å². The van der Waals surface area contributed by atoms with Crippen molar-refractivity contribution in [2.45, 2.75) is 45.4 Å². The number of hydrogen-bond donors (Lipinski definition) is 1. The lowest BCUT2D eigenvalue weighted by atomic mass is 9.92. The standard InChI is InChI=1S/C18H30N2O2S/c1-14-6-7-17(4)18(11-14)23(21,22)19-8-5-9-20-12-15(2)10-16(3)13-20/h6-7,11,15-16,19H,5,8-10,12-13H2,1-4H3/t15-,16-/m0/s1. The first-order chi connectivity index (χ1) is 10.8. The molecule has 0 aliphatic carbocycles. The van der Waals surface area contributed by atoms with Gasteiger partial charge in [-0.15, -0.1) is 0 Å². The maximum atomic E-state index is 12.4. The molecule has 0 bridgehead atoms. The number of benzene rings is 1. The van der Waals surface area contributed by atoms with Crippen molar-refractivity contribution in [2.75, 3.05) is 26.2 Å². The third kappa shape index (κ3) is 5.30. The molecule has 0 spiro atoms. The molecule has 1 aromatic rings. The van der Waals surface area contributed by atoms with E-state index in [9.17, 15) is 8.42 Å². The van der Waals surface area contributed by atoms with Crippen molar-refractivity contribution in [3.8, 4) is 0 Å². The molecule has 0 unspecified atom stereocenters. The van der Waals surface area contributed by atoms with Gasteiger partial charge < -0.3 is 4.90 Å². The molecule has 1 heterocycles. The highest BCUT2D eigenvalue weighted by Gasteiger charge is 2.21. The van der Waals surface area contributed by atoms with Crippen molar-refractivity contribution in [1.82, 2.24) is 9.62 Å². The molecule has 130 valence electrons. The molecule has 1 saturated heterocycles. The topological polar surface area (TPSA) is 49.4 Å². The van der Waals surface area contributed by atoms with Crippen LogP contribution in [0.15, 0.2) is 23.1 Å². The number of likely N-dealkylation sites (tertiary alicyclic amines) is 1. The van der Waals surface area contributed by atoms with E-state index in [0.29, 0.717) is 11.4 Å². The predicted molar refractivity (Wildman–Crippen MR) is 95.1 cm³/mol. The van der Waals surface area contributed by atoms with Crippen molar-refractivity contribution in [3.63, 3.8) is 0 Å². The van der Waals surface area contributed by atoms with Crippen LogP contribution in [0.1, 0.15) is 37.8 Å². The molecule has 1 N–H and O–H groups in total. The molecule has 5 heteroatoms. The Morgan fingerprint density at radius 2 is 1.83 bits per heavy atom. The molecular weight excluding hydrogens is 308 g/mol. The summed E-state index contributed by atoms with van der Waals surface area (Å²) >= 11 is 0. The molecule has 1 aromatic carbocycles. The van der Waals surface area contributed by atoms with E-state index in [1.165, 1.54) is 6.42 Å². The molecule has 0 aromatic heterocycles. The van der Waals surface area contributed by atoms with Crippen LogP contribution >= 0.6 is 0 Å². The van der Waals surface area contributed by atoms with Gasteiger partial charge in [0.25, 0.3) is 0 Å². The summed E-state index contributed by atoms with van der Waals surface area (Å²) in [6, 6.07) is 5.54. The summed E-state index contributed by atoms with van der Waals surface area (Å²) in [6.45, 7) is 12.1. The zero-order chi connectivity index (χ0) is 17.0. The first kappa shape index (κ1) is 18.4. The second-order valence-electron chi connectivity index (χ2n) is 7.23. The van der Waals surface area contributed by atoms with Gasteiger partial charge in [0.1, 0.15) is 0 Å². The Morgan fingerprint density at radius 3 is 2.48 bits per heavy atom. The van der Waals surface area contributed by atoms with Crippen LogP contribution in [-0.2, 0) is 10.0 Å². The van der Waals surface area contributed by atoms with Gasteiger partial charge in [-0.25, -0.2) is 13.1 Å². The largest absolute Gasteiger partial charge is 0.303 e. The molecule has 0 saturated carbocycles. The van der Waals surface area contributed by atoms with E-state index in [2.05, 4.69) is 23.5 Å². The number of sulfonamides is 1. The van der Waals surface area contributed by atoms with E-state index < -0.39 is 10.0 Å². The predicted octanol–water partition coefficient (Wildman–Crippen LogP) is 2.95. The normalized spacial score (nSPS) is 23.1.